The number of benzene rings is 1. The van der Waals surface area contributed by atoms with Gasteiger partial charge in [-0.05, 0) is 55.9 Å². The van der Waals surface area contributed by atoms with Gasteiger partial charge in [0.1, 0.15) is 0 Å². The van der Waals surface area contributed by atoms with Crippen LogP contribution in [0.15, 0.2) is 27.6 Å². The lowest BCUT2D eigenvalue weighted by Crippen LogP contribution is -2.49. The summed E-state index contributed by atoms with van der Waals surface area (Å²) in [4.78, 5) is 7.04. The molecule has 1 aromatic heterocycles. The summed E-state index contributed by atoms with van der Waals surface area (Å²) in [6, 6.07) is 5.66. The van der Waals surface area contributed by atoms with Gasteiger partial charge in [-0.2, -0.15) is 9.29 Å². The number of nitrogens with zero attached hydrogens (tertiary/aromatic N) is 4. The summed E-state index contributed by atoms with van der Waals surface area (Å²) in [5, 5.41) is 3.96. The number of aryl methyl sites for hydroxylation is 3. The summed E-state index contributed by atoms with van der Waals surface area (Å²) >= 11 is 0. The number of sulfonamides is 1. The minimum absolute atomic E-state index is 0.0126. The number of hydrogen-bond donors (Lipinski definition) is 0. The van der Waals surface area contributed by atoms with Crippen molar-refractivity contribution in [3.8, 4) is 0 Å². The van der Waals surface area contributed by atoms with Crippen molar-refractivity contribution < 1.29 is 12.9 Å². The average molecular weight is 405 g/mol. The van der Waals surface area contributed by atoms with Crippen LogP contribution < -0.4 is 0 Å². The fraction of sp³-hybridized carbons (Fsp3) is 0.600. The van der Waals surface area contributed by atoms with E-state index < -0.39 is 10.0 Å². The highest BCUT2D eigenvalue weighted by Crippen LogP contribution is 2.27. The van der Waals surface area contributed by atoms with Crippen LogP contribution >= 0.6 is 0 Å². The van der Waals surface area contributed by atoms with Crippen LogP contribution in [0.4, 0.5) is 0 Å². The average Bonchev–Trinajstić information content (AvgIpc) is 3.22. The van der Waals surface area contributed by atoms with E-state index in [1.54, 1.807) is 10.4 Å². The van der Waals surface area contributed by atoms with Crippen LogP contribution in [0, 0.1) is 0 Å². The maximum atomic E-state index is 13.1. The number of hydrogen-bond acceptors (Lipinski definition) is 6. The van der Waals surface area contributed by atoms with Gasteiger partial charge in [0.05, 0.1) is 10.9 Å². The molecule has 1 unspecified atom stereocenters. The molecule has 1 atom stereocenters. The number of aromatic nitrogens is 2. The van der Waals surface area contributed by atoms with E-state index in [0.29, 0.717) is 42.8 Å². The maximum Gasteiger partial charge on any atom is 0.243 e. The SMILES string of the molecule is CCc1noc(C(C)N2CCN(S(=O)(=O)c3ccc4c(c3)CCCC4)CC2)n1. The summed E-state index contributed by atoms with van der Waals surface area (Å²) in [5.41, 5.74) is 2.50. The summed E-state index contributed by atoms with van der Waals surface area (Å²) in [6.07, 6.45) is 5.11. The molecule has 2 heterocycles. The molecule has 1 aliphatic heterocycles. The molecule has 0 bridgehead atoms. The molecule has 0 saturated carbocycles. The fourth-order valence-corrected chi connectivity index (χ4v) is 5.56. The number of fused-ring (bicyclic) bond motifs is 1. The lowest BCUT2D eigenvalue weighted by Gasteiger charge is -2.36. The normalized spacial score (nSPS) is 20.1. The van der Waals surface area contributed by atoms with Crippen molar-refractivity contribution in [2.45, 2.75) is 56.9 Å². The molecule has 2 aromatic rings. The minimum atomic E-state index is -3.45. The Hall–Kier alpha value is -1.77. The van der Waals surface area contributed by atoms with Crippen molar-refractivity contribution >= 4 is 10.0 Å². The zero-order valence-corrected chi connectivity index (χ0v) is 17.4. The van der Waals surface area contributed by atoms with Gasteiger partial charge in [0.15, 0.2) is 5.82 Å². The highest BCUT2D eigenvalue weighted by molar-refractivity contribution is 7.89. The Balaban J connectivity index is 1.44. The zero-order chi connectivity index (χ0) is 19.7. The topological polar surface area (TPSA) is 79.5 Å². The van der Waals surface area contributed by atoms with Gasteiger partial charge in [-0.25, -0.2) is 8.42 Å². The molecule has 1 fully saturated rings. The van der Waals surface area contributed by atoms with Crippen molar-refractivity contribution in [2.75, 3.05) is 26.2 Å². The Kier molecular flexibility index (Phi) is 5.53. The van der Waals surface area contributed by atoms with Crippen LogP contribution in [-0.4, -0.2) is 53.9 Å². The van der Waals surface area contributed by atoms with Crippen LogP contribution in [0.1, 0.15) is 55.6 Å². The molecular formula is C20H28N4O3S. The van der Waals surface area contributed by atoms with Gasteiger partial charge in [-0.3, -0.25) is 4.90 Å². The number of rotatable bonds is 5. The molecule has 0 spiro atoms. The van der Waals surface area contributed by atoms with Crippen molar-refractivity contribution in [2.24, 2.45) is 0 Å². The molecule has 152 valence electrons. The highest BCUT2D eigenvalue weighted by atomic mass is 32.2. The third kappa shape index (κ3) is 3.73. The maximum absolute atomic E-state index is 13.1. The van der Waals surface area contributed by atoms with Gasteiger partial charge in [0.2, 0.25) is 15.9 Å². The van der Waals surface area contributed by atoms with Gasteiger partial charge in [-0.15, -0.1) is 0 Å². The first kappa shape index (κ1) is 19.5. The second-order valence-electron chi connectivity index (χ2n) is 7.66. The Labute approximate surface area is 166 Å². The van der Waals surface area contributed by atoms with Crippen LogP contribution in [0.2, 0.25) is 0 Å². The van der Waals surface area contributed by atoms with E-state index in [2.05, 4.69) is 15.0 Å². The van der Waals surface area contributed by atoms with Gasteiger partial charge < -0.3 is 4.52 Å². The van der Waals surface area contributed by atoms with Gasteiger partial charge in [0, 0.05) is 32.6 Å². The summed E-state index contributed by atoms with van der Waals surface area (Å²) in [6.45, 7) is 6.26. The fourth-order valence-electron chi connectivity index (χ4n) is 4.09. The molecule has 1 aliphatic carbocycles. The Bertz CT molecular complexity index is 933. The molecule has 28 heavy (non-hydrogen) atoms. The van der Waals surface area contributed by atoms with E-state index in [4.69, 9.17) is 4.52 Å². The van der Waals surface area contributed by atoms with E-state index in [-0.39, 0.29) is 6.04 Å². The summed E-state index contributed by atoms with van der Waals surface area (Å²) < 4.78 is 33.2. The minimum Gasteiger partial charge on any atom is -0.338 e. The second kappa shape index (κ2) is 7.93. The van der Waals surface area contributed by atoms with E-state index in [1.165, 1.54) is 17.5 Å². The summed E-state index contributed by atoms with van der Waals surface area (Å²) in [5.74, 6) is 1.30. The molecule has 1 saturated heterocycles. The van der Waals surface area contributed by atoms with Gasteiger partial charge in [-0.1, -0.05) is 18.1 Å². The molecule has 8 heteroatoms. The largest absolute Gasteiger partial charge is 0.338 e. The molecule has 0 N–H and O–H groups in total. The van der Waals surface area contributed by atoms with Crippen LogP contribution in [0.5, 0.6) is 0 Å². The van der Waals surface area contributed by atoms with Gasteiger partial charge in [0.25, 0.3) is 0 Å². The van der Waals surface area contributed by atoms with E-state index in [1.807, 2.05) is 26.0 Å². The lowest BCUT2D eigenvalue weighted by molar-refractivity contribution is 0.124. The monoisotopic (exact) mass is 404 g/mol. The van der Waals surface area contributed by atoms with E-state index >= 15 is 0 Å². The van der Waals surface area contributed by atoms with Crippen molar-refractivity contribution in [1.82, 2.24) is 19.3 Å². The molecule has 4 rings (SSSR count). The molecule has 0 radical (unpaired) electrons. The first-order chi connectivity index (χ1) is 13.5. The zero-order valence-electron chi connectivity index (χ0n) is 16.6. The van der Waals surface area contributed by atoms with Crippen LogP contribution in [-0.2, 0) is 29.3 Å². The standard InChI is InChI=1S/C20H28N4O3S/c1-3-19-21-20(27-22-19)15(2)23-10-12-24(13-11-23)28(25,26)18-9-8-16-6-4-5-7-17(16)14-18/h8-9,14-15H,3-7,10-13H2,1-2H3. The smallest absolute Gasteiger partial charge is 0.243 e. The Morgan fingerprint density at radius 1 is 1.11 bits per heavy atom. The first-order valence-corrected chi connectivity index (χ1v) is 11.6. The second-order valence-corrected chi connectivity index (χ2v) is 9.59. The van der Waals surface area contributed by atoms with E-state index in [0.717, 1.165) is 25.7 Å². The number of piperazine rings is 1. The molecular weight excluding hydrogens is 376 g/mol. The molecule has 7 nitrogen and oxygen atoms in total. The Morgan fingerprint density at radius 2 is 1.82 bits per heavy atom. The van der Waals surface area contributed by atoms with E-state index in [9.17, 15) is 8.42 Å². The van der Waals surface area contributed by atoms with Gasteiger partial charge >= 0.3 is 0 Å². The van der Waals surface area contributed by atoms with Crippen LogP contribution in [0.25, 0.3) is 0 Å². The van der Waals surface area contributed by atoms with Crippen LogP contribution in [0.3, 0.4) is 0 Å². The Morgan fingerprint density at radius 3 is 2.50 bits per heavy atom. The molecule has 0 amide bonds. The predicted octanol–water partition coefficient (Wildman–Crippen LogP) is 2.58. The highest BCUT2D eigenvalue weighted by Gasteiger charge is 2.32. The quantitative estimate of drug-likeness (QED) is 0.762. The van der Waals surface area contributed by atoms with Crippen molar-refractivity contribution in [3.05, 3.63) is 41.0 Å². The predicted molar refractivity (Wildman–Crippen MR) is 106 cm³/mol. The third-order valence-electron chi connectivity index (χ3n) is 5.94. The molecule has 1 aromatic carbocycles. The molecule has 2 aliphatic rings. The first-order valence-electron chi connectivity index (χ1n) is 10.2. The van der Waals surface area contributed by atoms with Crippen molar-refractivity contribution in [3.63, 3.8) is 0 Å². The third-order valence-corrected chi connectivity index (χ3v) is 7.83. The lowest BCUT2D eigenvalue weighted by atomic mass is 9.92. The van der Waals surface area contributed by atoms with Crippen molar-refractivity contribution in [1.29, 1.82) is 0 Å². The summed E-state index contributed by atoms with van der Waals surface area (Å²) in [7, 11) is -3.45.